The molecule has 23 heavy (non-hydrogen) atoms. The minimum atomic E-state index is -0.336. The van der Waals surface area contributed by atoms with Crippen molar-refractivity contribution in [3.05, 3.63) is 46.7 Å². The zero-order valence-electron chi connectivity index (χ0n) is 12.8. The fourth-order valence-corrected chi connectivity index (χ4v) is 4.70. The first-order valence-electron chi connectivity index (χ1n) is 7.95. The maximum Gasteiger partial charge on any atom is 0.150 e. The Bertz CT molecular complexity index is 763. The van der Waals surface area contributed by atoms with Gasteiger partial charge in [-0.15, -0.1) is 11.3 Å². The second-order valence-corrected chi connectivity index (χ2v) is 7.76. The summed E-state index contributed by atoms with van der Waals surface area (Å²) in [6.45, 7) is 4.90. The number of piperazine rings is 1. The summed E-state index contributed by atoms with van der Waals surface area (Å²) >= 11 is 3.22. The quantitative estimate of drug-likeness (QED) is 0.757. The average Bonchev–Trinajstić information content (AvgIpc) is 3.25. The van der Waals surface area contributed by atoms with Crippen molar-refractivity contribution in [3.8, 4) is 0 Å². The number of nitrogens with one attached hydrogen (secondary N) is 1. The van der Waals surface area contributed by atoms with E-state index in [1.807, 2.05) is 17.5 Å². The monoisotopic (exact) mass is 346 g/mol. The Morgan fingerprint density at radius 2 is 2.00 bits per heavy atom. The van der Waals surface area contributed by atoms with Crippen LogP contribution in [0.25, 0.3) is 10.1 Å². The van der Waals surface area contributed by atoms with E-state index in [9.17, 15) is 5.11 Å². The maximum atomic E-state index is 10.3. The van der Waals surface area contributed by atoms with E-state index < -0.39 is 0 Å². The van der Waals surface area contributed by atoms with Crippen LogP contribution in [0.4, 0.5) is 5.82 Å². The van der Waals surface area contributed by atoms with E-state index in [0.29, 0.717) is 0 Å². The lowest BCUT2D eigenvalue weighted by Gasteiger charge is -2.33. The zero-order valence-corrected chi connectivity index (χ0v) is 14.4. The molecule has 3 heterocycles. The van der Waals surface area contributed by atoms with Gasteiger partial charge in [-0.05, 0) is 35.1 Å². The summed E-state index contributed by atoms with van der Waals surface area (Å²) in [7, 11) is 0. The van der Waals surface area contributed by atoms with Gasteiger partial charge in [0.25, 0.3) is 0 Å². The molecule has 0 spiro atoms. The predicted molar refractivity (Wildman–Crippen MR) is 96.7 cm³/mol. The van der Waals surface area contributed by atoms with Crippen LogP contribution in [0.1, 0.15) is 11.0 Å². The standard InChI is InChI=1S/C17H19N3OS2/c21-14(16-6-3-11-22-16)12-19-7-9-20(10-8-19)17-13-4-1-2-5-15(13)23-18-17/h1-6,11,14,21H,7-10,12H2/p+1/t14-/m0/s1. The molecule has 1 fully saturated rings. The number of hydrogen-bond donors (Lipinski definition) is 2. The molecule has 2 aromatic heterocycles. The molecule has 4 nitrogen and oxygen atoms in total. The van der Waals surface area contributed by atoms with Crippen LogP contribution in [0.5, 0.6) is 0 Å². The summed E-state index contributed by atoms with van der Waals surface area (Å²) in [5.41, 5.74) is 0. The van der Waals surface area contributed by atoms with Gasteiger partial charge >= 0.3 is 0 Å². The van der Waals surface area contributed by atoms with Crippen molar-refractivity contribution < 1.29 is 10.0 Å². The largest absolute Gasteiger partial charge is 0.382 e. The molecule has 1 aliphatic rings. The number of aromatic nitrogens is 1. The molecule has 0 amide bonds. The molecule has 0 radical (unpaired) electrons. The third-order valence-corrected chi connectivity index (χ3v) is 6.27. The molecule has 1 saturated heterocycles. The molecule has 2 N–H and O–H groups in total. The number of aliphatic hydroxyl groups is 1. The SMILES string of the molecule is O[C@@H](C[NH+]1CCN(c2nsc3ccccc23)CC1)c1cccs1. The highest BCUT2D eigenvalue weighted by Gasteiger charge is 2.25. The highest BCUT2D eigenvalue weighted by atomic mass is 32.1. The van der Waals surface area contributed by atoms with Crippen LogP contribution in [-0.2, 0) is 0 Å². The first-order valence-corrected chi connectivity index (χ1v) is 9.61. The molecule has 1 aromatic carbocycles. The topological polar surface area (TPSA) is 40.8 Å². The number of hydrogen-bond acceptors (Lipinski definition) is 5. The maximum absolute atomic E-state index is 10.3. The fourth-order valence-electron chi connectivity index (χ4n) is 3.19. The molecule has 120 valence electrons. The molecular formula is C17H20N3OS2+. The average molecular weight is 347 g/mol. The number of rotatable bonds is 4. The van der Waals surface area contributed by atoms with Crippen LogP contribution < -0.4 is 9.80 Å². The summed E-state index contributed by atoms with van der Waals surface area (Å²) in [5, 5.41) is 13.6. The van der Waals surface area contributed by atoms with Gasteiger partial charge in [-0.2, -0.15) is 4.37 Å². The van der Waals surface area contributed by atoms with Gasteiger partial charge in [0.15, 0.2) is 5.82 Å². The van der Waals surface area contributed by atoms with Gasteiger partial charge < -0.3 is 14.9 Å². The Balaban J connectivity index is 1.39. The first kappa shape index (κ1) is 15.1. The van der Waals surface area contributed by atoms with Crippen LogP contribution in [0.15, 0.2) is 41.8 Å². The summed E-state index contributed by atoms with van der Waals surface area (Å²) in [6.07, 6.45) is -0.336. The Kier molecular flexibility index (Phi) is 4.31. The van der Waals surface area contributed by atoms with E-state index in [0.717, 1.165) is 43.4 Å². The van der Waals surface area contributed by atoms with E-state index in [1.165, 1.54) is 15.0 Å². The van der Waals surface area contributed by atoms with Crippen molar-refractivity contribution in [3.63, 3.8) is 0 Å². The molecule has 0 saturated carbocycles. The second-order valence-electron chi connectivity index (χ2n) is 5.97. The van der Waals surface area contributed by atoms with Gasteiger partial charge in [0.05, 0.1) is 30.9 Å². The van der Waals surface area contributed by atoms with Gasteiger partial charge in [-0.25, -0.2) is 0 Å². The first-order chi connectivity index (χ1) is 11.3. The van der Waals surface area contributed by atoms with E-state index in [4.69, 9.17) is 0 Å². The van der Waals surface area contributed by atoms with E-state index in [-0.39, 0.29) is 6.10 Å². The minimum absolute atomic E-state index is 0.336. The Labute approximate surface area is 143 Å². The highest BCUT2D eigenvalue weighted by Crippen LogP contribution is 2.29. The fraction of sp³-hybridized carbons (Fsp3) is 0.353. The molecular weight excluding hydrogens is 326 g/mol. The molecule has 3 aromatic rings. The number of aliphatic hydroxyl groups excluding tert-OH is 1. The highest BCUT2D eigenvalue weighted by molar-refractivity contribution is 7.13. The van der Waals surface area contributed by atoms with Crippen molar-refractivity contribution in [1.29, 1.82) is 0 Å². The van der Waals surface area contributed by atoms with E-state index in [2.05, 4.69) is 33.5 Å². The number of fused-ring (bicyclic) bond motifs is 1. The predicted octanol–water partition coefficient (Wildman–Crippen LogP) is 1.80. The Morgan fingerprint density at radius 1 is 1.17 bits per heavy atom. The third-order valence-electron chi connectivity index (χ3n) is 4.48. The van der Waals surface area contributed by atoms with Gasteiger partial charge in [-0.1, -0.05) is 18.2 Å². The van der Waals surface area contributed by atoms with Gasteiger partial charge in [0.1, 0.15) is 12.6 Å². The summed E-state index contributed by atoms with van der Waals surface area (Å²) < 4.78 is 5.91. The van der Waals surface area contributed by atoms with Gasteiger partial charge in [0.2, 0.25) is 0 Å². The second kappa shape index (κ2) is 6.57. The number of anilines is 1. The van der Waals surface area contributed by atoms with Crippen LogP contribution in [-0.4, -0.2) is 42.2 Å². The number of benzene rings is 1. The normalized spacial score (nSPS) is 17.7. The molecule has 0 bridgehead atoms. The molecule has 0 aliphatic carbocycles. The van der Waals surface area contributed by atoms with Crippen LogP contribution in [0, 0.1) is 0 Å². The van der Waals surface area contributed by atoms with Crippen molar-refractivity contribution in [2.24, 2.45) is 0 Å². The summed E-state index contributed by atoms with van der Waals surface area (Å²) in [6, 6.07) is 12.5. The number of nitrogens with zero attached hydrogens (tertiary/aromatic N) is 2. The molecule has 1 aliphatic heterocycles. The lowest BCUT2D eigenvalue weighted by Crippen LogP contribution is -3.15. The molecule has 1 atom stereocenters. The summed E-state index contributed by atoms with van der Waals surface area (Å²) in [5.74, 6) is 1.13. The van der Waals surface area contributed by atoms with Crippen LogP contribution in [0.3, 0.4) is 0 Å². The van der Waals surface area contributed by atoms with Crippen LogP contribution in [0.2, 0.25) is 0 Å². The molecule has 0 unspecified atom stereocenters. The minimum Gasteiger partial charge on any atom is -0.382 e. The van der Waals surface area contributed by atoms with Gasteiger partial charge in [-0.3, -0.25) is 0 Å². The van der Waals surface area contributed by atoms with Crippen molar-refractivity contribution in [1.82, 2.24) is 4.37 Å². The van der Waals surface area contributed by atoms with E-state index in [1.54, 1.807) is 22.9 Å². The Morgan fingerprint density at radius 3 is 2.78 bits per heavy atom. The van der Waals surface area contributed by atoms with Crippen LogP contribution >= 0.6 is 22.9 Å². The molecule has 4 rings (SSSR count). The lowest BCUT2D eigenvalue weighted by molar-refractivity contribution is -0.904. The smallest absolute Gasteiger partial charge is 0.150 e. The van der Waals surface area contributed by atoms with Crippen molar-refractivity contribution in [2.75, 3.05) is 37.6 Å². The number of thiophene rings is 1. The third kappa shape index (κ3) is 3.12. The molecule has 6 heteroatoms. The Hall–Kier alpha value is -1.47. The van der Waals surface area contributed by atoms with E-state index >= 15 is 0 Å². The van der Waals surface area contributed by atoms with Gasteiger partial charge in [0, 0.05) is 10.3 Å². The van der Waals surface area contributed by atoms with Crippen molar-refractivity contribution >= 4 is 38.8 Å². The zero-order chi connectivity index (χ0) is 15.6. The summed E-state index contributed by atoms with van der Waals surface area (Å²) in [4.78, 5) is 4.94. The lowest BCUT2D eigenvalue weighted by atomic mass is 10.2. The van der Waals surface area contributed by atoms with Crippen molar-refractivity contribution in [2.45, 2.75) is 6.10 Å². The number of quaternary nitrogens is 1.